The van der Waals surface area contributed by atoms with Crippen molar-refractivity contribution < 1.29 is 9.59 Å². The van der Waals surface area contributed by atoms with Crippen molar-refractivity contribution in [2.75, 3.05) is 23.3 Å². The lowest BCUT2D eigenvalue weighted by Gasteiger charge is -2.20. The van der Waals surface area contributed by atoms with E-state index in [9.17, 15) is 9.59 Å². The number of aromatic nitrogens is 2. The van der Waals surface area contributed by atoms with Gasteiger partial charge in [-0.15, -0.1) is 10.2 Å². The summed E-state index contributed by atoms with van der Waals surface area (Å²) >= 11 is 1.15. The van der Waals surface area contributed by atoms with Gasteiger partial charge in [0.25, 0.3) is 5.91 Å². The van der Waals surface area contributed by atoms with Crippen molar-refractivity contribution in [3.8, 4) is 0 Å². The average Bonchev–Trinajstić information content (AvgIpc) is 3.22. The maximum absolute atomic E-state index is 12.3. The quantitative estimate of drug-likeness (QED) is 0.383. The van der Waals surface area contributed by atoms with Gasteiger partial charge in [0.1, 0.15) is 5.01 Å². The molecule has 1 heterocycles. The van der Waals surface area contributed by atoms with E-state index in [2.05, 4.69) is 44.8 Å². The van der Waals surface area contributed by atoms with E-state index in [0.29, 0.717) is 15.7 Å². The number of nitrogens with zero attached hydrogens (tertiary/aromatic N) is 4. The number of anilines is 2. The van der Waals surface area contributed by atoms with Crippen molar-refractivity contribution in [1.82, 2.24) is 15.6 Å². The first kappa shape index (κ1) is 23.1. The van der Waals surface area contributed by atoms with E-state index in [4.69, 9.17) is 0 Å². The molecule has 0 saturated heterocycles. The molecule has 0 radical (unpaired) electrons. The molecule has 1 aromatic heterocycles. The number of hydrogen-bond donors (Lipinski definition) is 2. The van der Waals surface area contributed by atoms with E-state index >= 15 is 0 Å². The third-order valence-corrected chi connectivity index (χ3v) is 5.58. The highest BCUT2D eigenvalue weighted by molar-refractivity contribution is 7.15. The van der Waals surface area contributed by atoms with Gasteiger partial charge in [-0.1, -0.05) is 41.2 Å². The highest BCUT2D eigenvalue weighted by atomic mass is 32.1. The molecule has 0 saturated carbocycles. The van der Waals surface area contributed by atoms with Gasteiger partial charge in [-0.25, -0.2) is 5.43 Å². The van der Waals surface area contributed by atoms with Crippen LogP contribution < -0.4 is 15.6 Å². The molecule has 3 rings (SSSR count). The first-order valence-electron chi connectivity index (χ1n) is 10.4. The average molecular weight is 451 g/mol. The van der Waals surface area contributed by atoms with Crippen LogP contribution in [0.25, 0.3) is 0 Å². The summed E-state index contributed by atoms with van der Waals surface area (Å²) in [5, 5.41) is 15.4. The number of benzene rings is 2. The van der Waals surface area contributed by atoms with Crippen LogP contribution in [0, 0.1) is 6.92 Å². The Morgan fingerprint density at radius 2 is 1.72 bits per heavy atom. The molecule has 3 aromatic rings. The molecule has 0 bridgehead atoms. The lowest BCUT2D eigenvalue weighted by atomic mass is 10.1. The van der Waals surface area contributed by atoms with Gasteiger partial charge in [0, 0.05) is 24.3 Å². The van der Waals surface area contributed by atoms with E-state index in [1.165, 1.54) is 0 Å². The fraction of sp³-hybridized carbons (Fsp3) is 0.261. The van der Waals surface area contributed by atoms with Crippen LogP contribution in [0.4, 0.5) is 10.8 Å². The maximum Gasteiger partial charge on any atom is 0.257 e. The minimum atomic E-state index is -0.312. The summed E-state index contributed by atoms with van der Waals surface area (Å²) in [6.07, 6.45) is 1.62. The van der Waals surface area contributed by atoms with Gasteiger partial charge >= 0.3 is 0 Å². The van der Waals surface area contributed by atoms with Crippen molar-refractivity contribution >= 4 is 40.2 Å². The Bertz CT molecular complexity index is 1070. The summed E-state index contributed by atoms with van der Waals surface area (Å²) in [5.41, 5.74) is 6.14. The van der Waals surface area contributed by atoms with Crippen LogP contribution in [0.5, 0.6) is 0 Å². The second kappa shape index (κ2) is 11.1. The van der Waals surface area contributed by atoms with E-state index in [1.54, 1.807) is 18.3 Å². The number of rotatable bonds is 9. The van der Waals surface area contributed by atoms with E-state index < -0.39 is 0 Å². The van der Waals surface area contributed by atoms with Crippen molar-refractivity contribution in [2.24, 2.45) is 5.10 Å². The Morgan fingerprint density at radius 1 is 1.03 bits per heavy atom. The summed E-state index contributed by atoms with van der Waals surface area (Å²) in [5.74, 6) is -0.581. The molecule has 0 spiro atoms. The second-order valence-electron chi connectivity index (χ2n) is 7.05. The van der Waals surface area contributed by atoms with Gasteiger partial charge in [-0.2, -0.15) is 5.10 Å². The van der Waals surface area contributed by atoms with Gasteiger partial charge in [0.15, 0.2) is 0 Å². The number of hydrazone groups is 1. The van der Waals surface area contributed by atoms with Crippen LogP contribution in [-0.2, 0) is 11.2 Å². The molecule has 2 aromatic carbocycles. The Hall–Kier alpha value is -3.59. The highest BCUT2D eigenvalue weighted by Gasteiger charge is 2.12. The molecule has 0 fully saturated rings. The maximum atomic E-state index is 12.3. The molecule has 9 heteroatoms. The standard InChI is InChI=1S/C23H26N6O2S/c1-4-29(5-2)19-12-8-17(9-13-19)15-24-26-20(30)14-21-27-28-23(32-21)25-22(31)18-10-6-16(3)7-11-18/h6-13,15H,4-5,14H2,1-3H3,(H,26,30)(H,25,28,31)/b24-15+. The molecular weight excluding hydrogens is 424 g/mol. The number of amides is 2. The molecule has 2 amide bonds. The summed E-state index contributed by atoms with van der Waals surface area (Å²) in [6, 6.07) is 15.2. The molecule has 0 aliphatic rings. The third-order valence-electron chi connectivity index (χ3n) is 4.74. The largest absolute Gasteiger partial charge is 0.372 e. The van der Waals surface area contributed by atoms with Crippen LogP contribution in [0.3, 0.4) is 0 Å². The van der Waals surface area contributed by atoms with Crippen LogP contribution in [0.1, 0.15) is 40.3 Å². The smallest absolute Gasteiger partial charge is 0.257 e. The third kappa shape index (κ3) is 6.45. The molecule has 2 N–H and O–H groups in total. The number of carbonyl (C=O) groups is 2. The lowest BCUT2D eigenvalue weighted by Crippen LogP contribution is -2.21. The number of aryl methyl sites for hydroxylation is 1. The van der Waals surface area contributed by atoms with Crippen LogP contribution in [-0.4, -0.2) is 41.3 Å². The van der Waals surface area contributed by atoms with Gasteiger partial charge in [0.2, 0.25) is 11.0 Å². The van der Waals surface area contributed by atoms with Crippen molar-refractivity contribution in [1.29, 1.82) is 0 Å². The molecule has 166 valence electrons. The predicted octanol–water partition coefficient (Wildman–Crippen LogP) is 3.64. The lowest BCUT2D eigenvalue weighted by molar-refractivity contribution is -0.120. The SMILES string of the molecule is CCN(CC)c1ccc(/C=N/NC(=O)Cc2nnc(NC(=O)c3ccc(C)cc3)s2)cc1. The summed E-state index contributed by atoms with van der Waals surface area (Å²) in [6.45, 7) is 8.09. The molecule has 0 unspecified atom stereocenters. The Balaban J connectivity index is 1.48. The van der Waals surface area contributed by atoms with Crippen LogP contribution in [0.15, 0.2) is 53.6 Å². The zero-order chi connectivity index (χ0) is 22.9. The predicted molar refractivity (Wildman–Crippen MR) is 128 cm³/mol. The number of carbonyl (C=O) groups excluding carboxylic acids is 2. The molecular formula is C23H26N6O2S. The van der Waals surface area contributed by atoms with Crippen molar-refractivity contribution in [3.05, 3.63) is 70.2 Å². The topological polar surface area (TPSA) is 99.6 Å². The fourth-order valence-corrected chi connectivity index (χ4v) is 3.70. The van der Waals surface area contributed by atoms with Gasteiger partial charge in [0.05, 0.1) is 12.6 Å². The highest BCUT2D eigenvalue weighted by Crippen LogP contribution is 2.17. The molecule has 0 aliphatic heterocycles. The van der Waals surface area contributed by atoms with E-state index in [-0.39, 0.29) is 18.2 Å². The van der Waals surface area contributed by atoms with Crippen LogP contribution >= 0.6 is 11.3 Å². The molecule has 0 atom stereocenters. The Morgan fingerprint density at radius 3 is 2.38 bits per heavy atom. The zero-order valence-electron chi connectivity index (χ0n) is 18.3. The van der Waals surface area contributed by atoms with Gasteiger partial charge < -0.3 is 4.90 Å². The normalized spacial score (nSPS) is 10.8. The van der Waals surface area contributed by atoms with Crippen molar-refractivity contribution in [3.63, 3.8) is 0 Å². The monoisotopic (exact) mass is 450 g/mol. The van der Waals surface area contributed by atoms with E-state index in [1.807, 2.05) is 43.3 Å². The fourth-order valence-electron chi connectivity index (χ4n) is 2.97. The van der Waals surface area contributed by atoms with Crippen LogP contribution in [0.2, 0.25) is 0 Å². The first-order chi connectivity index (χ1) is 15.5. The number of nitrogens with one attached hydrogen (secondary N) is 2. The summed E-state index contributed by atoms with van der Waals surface area (Å²) in [4.78, 5) is 26.6. The number of hydrogen-bond acceptors (Lipinski definition) is 7. The minimum Gasteiger partial charge on any atom is -0.372 e. The molecule has 0 aliphatic carbocycles. The Labute approximate surface area is 191 Å². The van der Waals surface area contributed by atoms with E-state index in [0.717, 1.165) is 41.2 Å². The van der Waals surface area contributed by atoms with Gasteiger partial charge in [-0.05, 0) is 50.6 Å². The second-order valence-corrected chi connectivity index (χ2v) is 8.12. The zero-order valence-corrected chi connectivity index (χ0v) is 19.1. The summed E-state index contributed by atoms with van der Waals surface area (Å²) < 4.78 is 0. The first-order valence-corrected chi connectivity index (χ1v) is 11.2. The molecule has 8 nitrogen and oxygen atoms in total. The van der Waals surface area contributed by atoms with Gasteiger partial charge in [-0.3, -0.25) is 14.9 Å². The van der Waals surface area contributed by atoms with Crippen molar-refractivity contribution in [2.45, 2.75) is 27.2 Å². The molecule has 32 heavy (non-hydrogen) atoms. The Kier molecular flexibility index (Phi) is 8.04. The minimum absolute atomic E-state index is 0.0241. The summed E-state index contributed by atoms with van der Waals surface area (Å²) in [7, 11) is 0.